The summed E-state index contributed by atoms with van der Waals surface area (Å²) in [5.74, 6) is 0.827. The quantitative estimate of drug-likeness (QED) is 0.746. The van der Waals surface area contributed by atoms with Crippen LogP contribution in [0.4, 0.5) is 0 Å². The fourth-order valence-corrected chi connectivity index (χ4v) is 2.13. The monoisotopic (exact) mass is 266 g/mol. The van der Waals surface area contributed by atoms with Crippen molar-refractivity contribution in [3.63, 3.8) is 0 Å². The zero-order valence-electron chi connectivity index (χ0n) is 12.5. The second-order valence-electron chi connectivity index (χ2n) is 4.52. The van der Waals surface area contributed by atoms with Gasteiger partial charge in [0.1, 0.15) is 5.75 Å². The van der Waals surface area contributed by atoms with E-state index in [2.05, 4.69) is 37.1 Å². The van der Waals surface area contributed by atoms with Gasteiger partial charge < -0.3 is 14.8 Å². The molecule has 19 heavy (non-hydrogen) atoms. The summed E-state index contributed by atoms with van der Waals surface area (Å²) in [4.78, 5) is 4.27. The van der Waals surface area contributed by atoms with Crippen LogP contribution in [0.3, 0.4) is 0 Å². The Bertz CT molecular complexity index is 354. The average molecular weight is 266 g/mol. The van der Waals surface area contributed by atoms with E-state index in [4.69, 9.17) is 9.47 Å². The van der Waals surface area contributed by atoms with Gasteiger partial charge in [0.25, 0.3) is 0 Å². The van der Waals surface area contributed by atoms with Crippen LogP contribution in [-0.2, 0) is 4.74 Å². The maximum absolute atomic E-state index is 5.64. The van der Waals surface area contributed by atoms with E-state index in [0.717, 1.165) is 37.3 Å². The average Bonchev–Trinajstić information content (AvgIpc) is 2.45. The van der Waals surface area contributed by atoms with Crippen molar-refractivity contribution in [1.82, 2.24) is 10.3 Å². The summed E-state index contributed by atoms with van der Waals surface area (Å²) in [6, 6.07) is 2.20. The van der Waals surface area contributed by atoms with Crippen LogP contribution in [0.25, 0.3) is 0 Å². The van der Waals surface area contributed by atoms with Gasteiger partial charge in [0.15, 0.2) is 0 Å². The molecule has 2 atom stereocenters. The van der Waals surface area contributed by atoms with Gasteiger partial charge in [0.2, 0.25) is 0 Å². The van der Waals surface area contributed by atoms with E-state index in [1.165, 1.54) is 0 Å². The summed E-state index contributed by atoms with van der Waals surface area (Å²) in [5.41, 5.74) is 1.11. The number of methoxy groups -OCH3 is 1. The number of rotatable bonds is 9. The van der Waals surface area contributed by atoms with Crippen molar-refractivity contribution in [2.24, 2.45) is 0 Å². The lowest BCUT2D eigenvalue weighted by atomic mass is 10.0. The van der Waals surface area contributed by atoms with Crippen LogP contribution in [-0.4, -0.2) is 31.3 Å². The molecule has 0 bridgehead atoms. The molecule has 0 aliphatic heterocycles. The predicted octanol–water partition coefficient (Wildman–Crippen LogP) is 2.95. The molecular weight excluding hydrogens is 240 g/mol. The number of hydrogen-bond acceptors (Lipinski definition) is 4. The molecule has 0 saturated heterocycles. The van der Waals surface area contributed by atoms with Gasteiger partial charge in [-0.15, -0.1) is 0 Å². The summed E-state index contributed by atoms with van der Waals surface area (Å²) >= 11 is 0. The summed E-state index contributed by atoms with van der Waals surface area (Å²) in [5, 5.41) is 3.46. The highest BCUT2D eigenvalue weighted by molar-refractivity contribution is 5.26. The maximum atomic E-state index is 5.64. The molecule has 1 rings (SSSR count). The van der Waals surface area contributed by atoms with Crippen LogP contribution < -0.4 is 10.1 Å². The molecule has 0 amide bonds. The maximum Gasteiger partial charge on any atom is 0.137 e. The van der Waals surface area contributed by atoms with Crippen molar-refractivity contribution in [2.75, 3.05) is 20.3 Å². The molecule has 1 aromatic rings. The normalized spacial score (nSPS) is 14.1. The largest absolute Gasteiger partial charge is 0.492 e. The van der Waals surface area contributed by atoms with Crippen molar-refractivity contribution in [2.45, 2.75) is 45.8 Å². The Balaban J connectivity index is 2.88. The van der Waals surface area contributed by atoms with E-state index in [1.807, 2.05) is 6.20 Å². The third-order valence-corrected chi connectivity index (χ3v) is 3.07. The molecule has 1 N–H and O–H groups in total. The van der Waals surface area contributed by atoms with Crippen molar-refractivity contribution < 1.29 is 9.47 Å². The third kappa shape index (κ3) is 4.80. The first kappa shape index (κ1) is 15.9. The van der Waals surface area contributed by atoms with Crippen molar-refractivity contribution in [1.29, 1.82) is 0 Å². The number of nitrogens with zero attached hydrogens (tertiary/aromatic N) is 1. The highest BCUT2D eigenvalue weighted by Gasteiger charge is 2.21. The highest BCUT2D eigenvalue weighted by Crippen LogP contribution is 2.23. The van der Waals surface area contributed by atoms with Gasteiger partial charge in [0, 0.05) is 13.3 Å². The smallest absolute Gasteiger partial charge is 0.137 e. The molecule has 0 aliphatic rings. The molecule has 0 aromatic carbocycles. The number of nitrogens with one attached hydrogen (secondary N) is 1. The first-order valence-corrected chi connectivity index (χ1v) is 7.10. The van der Waals surface area contributed by atoms with Gasteiger partial charge in [0.05, 0.1) is 24.9 Å². The van der Waals surface area contributed by atoms with E-state index in [9.17, 15) is 0 Å². The van der Waals surface area contributed by atoms with E-state index >= 15 is 0 Å². The molecule has 0 aliphatic carbocycles. The Hall–Kier alpha value is -1.13. The predicted molar refractivity (Wildman–Crippen MR) is 77.5 cm³/mol. The number of ether oxygens (including phenoxy) is 2. The molecular formula is C15H26N2O2. The molecule has 2 unspecified atom stereocenters. The minimum absolute atomic E-state index is 0.142. The third-order valence-electron chi connectivity index (χ3n) is 3.07. The minimum atomic E-state index is 0.142. The van der Waals surface area contributed by atoms with Crippen LogP contribution in [0.2, 0.25) is 0 Å². The second-order valence-corrected chi connectivity index (χ2v) is 4.52. The number of likely N-dealkylation sites (N-methyl/N-ethyl adjacent to an activating group) is 1. The molecule has 1 aromatic heterocycles. The van der Waals surface area contributed by atoms with Crippen LogP contribution >= 0.6 is 0 Å². The van der Waals surface area contributed by atoms with Crippen LogP contribution in [0, 0.1) is 0 Å². The molecule has 108 valence electrons. The fraction of sp³-hybridized carbons (Fsp3) is 0.667. The van der Waals surface area contributed by atoms with Crippen molar-refractivity contribution in [3.8, 4) is 5.75 Å². The van der Waals surface area contributed by atoms with Gasteiger partial charge >= 0.3 is 0 Å². The van der Waals surface area contributed by atoms with E-state index < -0.39 is 0 Å². The summed E-state index contributed by atoms with van der Waals surface area (Å²) < 4.78 is 11.2. The molecule has 0 spiro atoms. The lowest BCUT2D eigenvalue weighted by Crippen LogP contribution is -2.33. The zero-order valence-corrected chi connectivity index (χ0v) is 12.5. The lowest BCUT2D eigenvalue weighted by molar-refractivity contribution is 0.0654. The minimum Gasteiger partial charge on any atom is -0.492 e. The standard InChI is InChI=1S/C15H26N2O2/c1-5-8-19-13-9-12(10-16-11-13)15(17-7-3)14(6-2)18-4/h9-11,14-15,17H,5-8H2,1-4H3. The molecule has 4 heteroatoms. The number of aromatic nitrogens is 1. The number of pyridine rings is 1. The Labute approximate surface area is 116 Å². The van der Waals surface area contributed by atoms with E-state index in [1.54, 1.807) is 13.3 Å². The Morgan fingerprint density at radius 2 is 2.05 bits per heavy atom. The molecule has 0 radical (unpaired) electrons. The summed E-state index contributed by atoms with van der Waals surface area (Å²) in [6.45, 7) is 7.93. The fourth-order valence-electron chi connectivity index (χ4n) is 2.13. The summed E-state index contributed by atoms with van der Waals surface area (Å²) in [7, 11) is 1.75. The first-order valence-electron chi connectivity index (χ1n) is 7.10. The second kappa shape index (κ2) is 8.88. The van der Waals surface area contributed by atoms with Gasteiger partial charge in [-0.25, -0.2) is 0 Å². The van der Waals surface area contributed by atoms with Gasteiger partial charge in [-0.1, -0.05) is 20.8 Å². The van der Waals surface area contributed by atoms with Gasteiger partial charge in [-0.3, -0.25) is 4.98 Å². The van der Waals surface area contributed by atoms with E-state index in [-0.39, 0.29) is 12.1 Å². The Morgan fingerprint density at radius 1 is 1.26 bits per heavy atom. The SMILES string of the molecule is CCCOc1cncc(C(NCC)C(CC)OC)c1. The zero-order chi connectivity index (χ0) is 14.1. The Kier molecular flexibility index (Phi) is 7.45. The number of hydrogen-bond donors (Lipinski definition) is 1. The lowest BCUT2D eigenvalue weighted by Gasteiger charge is -2.26. The van der Waals surface area contributed by atoms with Crippen molar-refractivity contribution >= 4 is 0 Å². The van der Waals surface area contributed by atoms with Gasteiger partial charge in [-0.05, 0) is 31.0 Å². The summed E-state index contributed by atoms with van der Waals surface area (Å²) in [6.07, 6.45) is 5.73. The highest BCUT2D eigenvalue weighted by atomic mass is 16.5. The topological polar surface area (TPSA) is 43.4 Å². The van der Waals surface area contributed by atoms with Crippen molar-refractivity contribution in [3.05, 3.63) is 24.0 Å². The molecule has 0 saturated carbocycles. The van der Waals surface area contributed by atoms with Crippen LogP contribution in [0.1, 0.15) is 45.2 Å². The van der Waals surface area contributed by atoms with Gasteiger partial charge in [-0.2, -0.15) is 0 Å². The molecule has 4 nitrogen and oxygen atoms in total. The Morgan fingerprint density at radius 3 is 2.63 bits per heavy atom. The van der Waals surface area contributed by atoms with E-state index in [0.29, 0.717) is 0 Å². The van der Waals surface area contributed by atoms with Crippen LogP contribution in [0.15, 0.2) is 18.5 Å². The van der Waals surface area contributed by atoms with Crippen LogP contribution in [0.5, 0.6) is 5.75 Å². The molecule has 1 heterocycles. The molecule has 0 fully saturated rings. The first-order chi connectivity index (χ1) is 9.26.